The summed E-state index contributed by atoms with van der Waals surface area (Å²) in [6, 6.07) is 1.10. The summed E-state index contributed by atoms with van der Waals surface area (Å²) in [5.41, 5.74) is 0.595. The number of aromatic nitrogens is 1. The van der Waals surface area contributed by atoms with Crippen molar-refractivity contribution in [3.63, 3.8) is 0 Å². The minimum Gasteiger partial charge on any atom is -0.480 e. The molecule has 1 atom stereocenters. The summed E-state index contributed by atoms with van der Waals surface area (Å²) < 4.78 is 3.98. The predicted octanol–water partition coefficient (Wildman–Crippen LogP) is 0.830. The van der Waals surface area contributed by atoms with Gasteiger partial charge >= 0.3 is 5.97 Å². The van der Waals surface area contributed by atoms with E-state index < -0.39 is 12.0 Å². The average molecular weight is 186 g/mol. The molecule has 4 nitrogen and oxygen atoms in total. The largest absolute Gasteiger partial charge is 0.480 e. The SMILES string of the molecule is CN(C)C(C(=O)O)c1ccsn1. The minimum atomic E-state index is -0.870. The van der Waals surface area contributed by atoms with Crippen LogP contribution in [0.4, 0.5) is 0 Å². The molecule has 1 rings (SSSR count). The Kier molecular flexibility index (Phi) is 2.78. The molecule has 1 aromatic heterocycles. The molecule has 0 fully saturated rings. The molecule has 1 heterocycles. The molecule has 0 aliphatic rings. The fraction of sp³-hybridized carbons (Fsp3) is 0.429. The lowest BCUT2D eigenvalue weighted by Crippen LogP contribution is -2.27. The maximum Gasteiger partial charge on any atom is 0.327 e. The highest BCUT2D eigenvalue weighted by Crippen LogP contribution is 2.17. The Morgan fingerprint density at radius 2 is 2.42 bits per heavy atom. The van der Waals surface area contributed by atoms with E-state index in [0.717, 1.165) is 0 Å². The van der Waals surface area contributed by atoms with Gasteiger partial charge in [-0.2, -0.15) is 4.37 Å². The number of carboxylic acids is 1. The van der Waals surface area contributed by atoms with Gasteiger partial charge < -0.3 is 5.11 Å². The molecule has 0 saturated heterocycles. The number of hydrogen-bond acceptors (Lipinski definition) is 4. The third-order valence-corrected chi connectivity index (χ3v) is 2.06. The normalized spacial score (nSPS) is 13.2. The van der Waals surface area contributed by atoms with E-state index >= 15 is 0 Å². The molecule has 0 amide bonds. The summed E-state index contributed by atoms with van der Waals surface area (Å²) >= 11 is 1.26. The summed E-state index contributed by atoms with van der Waals surface area (Å²) in [6.07, 6.45) is 0. The minimum absolute atomic E-state index is 0.595. The van der Waals surface area contributed by atoms with Crippen LogP contribution in [0.5, 0.6) is 0 Å². The second-order valence-corrected chi connectivity index (χ2v) is 3.29. The predicted molar refractivity (Wildman–Crippen MR) is 46.2 cm³/mol. The van der Waals surface area contributed by atoms with Crippen LogP contribution in [0.15, 0.2) is 11.4 Å². The molecular weight excluding hydrogens is 176 g/mol. The number of rotatable bonds is 3. The van der Waals surface area contributed by atoms with Crippen molar-refractivity contribution < 1.29 is 9.90 Å². The average Bonchev–Trinajstić information content (AvgIpc) is 2.37. The Hall–Kier alpha value is -0.940. The van der Waals surface area contributed by atoms with Crippen LogP contribution >= 0.6 is 11.5 Å². The van der Waals surface area contributed by atoms with Crippen LogP contribution in [0.2, 0.25) is 0 Å². The standard InChI is InChI=1S/C7H10N2O2S/c1-9(2)6(7(10)11)5-3-4-12-8-5/h3-4,6H,1-2H3,(H,10,11). The van der Waals surface area contributed by atoms with Crippen LogP contribution in [0, 0.1) is 0 Å². The van der Waals surface area contributed by atoms with E-state index in [1.807, 2.05) is 0 Å². The monoisotopic (exact) mass is 186 g/mol. The first-order valence-corrected chi connectivity index (χ1v) is 4.26. The number of carboxylic acid groups (broad SMARTS) is 1. The van der Waals surface area contributed by atoms with Crippen molar-refractivity contribution in [3.8, 4) is 0 Å². The van der Waals surface area contributed by atoms with Gasteiger partial charge in [0.1, 0.15) is 0 Å². The van der Waals surface area contributed by atoms with Gasteiger partial charge in [0.25, 0.3) is 0 Å². The molecule has 1 aromatic rings. The van der Waals surface area contributed by atoms with Gasteiger partial charge in [0, 0.05) is 5.38 Å². The molecule has 0 bridgehead atoms. The molecule has 0 saturated carbocycles. The Labute approximate surface area is 74.6 Å². The van der Waals surface area contributed by atoms with Crippen LogP contribution < -0.4 is 0 Å². The van der Waals surface area contributed by atoms with Crippen molar-refractivity contribution in [3.05, 3.63) is 17.1 Å². The molecular formula is C7H10N2O2S. The molecule has 0 aliphatic carbocycles. The highest BCUT2D eigenvalue weighted by atomic mass is 32.1. The lowest BCUT2D eigenvalue weighted by atomic mass is 10.2. The van der Waals surface area contributed by atoms with Crippen LogP contribution in [0.1, 0.15) is 11.7 Å². The van der Waals surface area contributed by atoms with Crippen LogP contribution in [-0.2, 0) is 4.79 Å². The van der Waals surface area contributed by atoms with Gasteiger partial charge in [-0.25, -0.2) is 0 Å². The van der Waals surface area contributed by atoms with Crippen molar-refractivity contribution in [2.24, 2.45) is 0 Å². The fourth-order valence-electron chi connectivity index (χ4n) is 0.975. The zero-order valence-corrected chi connectivity index (χ0v) is 7.71. The zero-order valence-electron chi connectivity index (χ0n) is 6.89. The number of nitrogens with zero attached hydrogens (tertiary/aromatic N) is 2. The zero-order chi connectivity index (χ0) is 9.14. The van der Waals surface area contributed by atoms with E-state index in [4.69, 9.17) is 5.11 Å². The van der Waals surface area contributed by atoms with E-state index in [9.17, 15) is 4.79 Å². The van der Waals surface area contributed by atoms with Crippen molar-refractivity contribution in [2.75, 3.05) is 14.1 Å². The van der Waals surface area contributed by atoms with Gasteiger partial charge in [-0.1, -0.05) is 0 Å². The summed E-state index contributed by atoms with van der Waals surface area (Å²) in [4.78, 5) is 12.4. The Morgan fingerprint density at radius 1 is 1.75 bits per heavy atom. The summed E-state index contributed by atoms with van der Waals surface area (Å²) in [7, 11) is 3.44. The molecule has 12 heavy (non-hydrogen) atoms. The second-order valence-electron chi connectivity index (χ2n) is 2.63. The highest BCUT2D eigenvalue weighted by Gasteiger charge is 2.23. The maximum atomic E-state index is 10.8. The van der Waals surface area contributed by atoms with Gasteiger partial charge in [0.15, 0.2) is 6.04 Å². The first-order valence-electron chi connectivity index (χ1n) is 3.42. The third kappa shape index (κ3) is 1.80. The van der Waals surface area contributed by atoms with Crippen molar-refractivity contribution >= 4 is 17.5 Å². The van der Waals surface area contributed by atoms with E-state index in [1.165, 1.54) is 11.5 Å². The summed E-state index contributed by atoms with van der Waals surface area (Å²) in [6.45, 7) is 0. The fourth-order valence-corrected chi connectivity index (χ4v) is 1.52. The number of likely N-dealkylation sites (N-methyl/N-ethyl adjacent to an activating group) is 1. The molecule has 0 aromatic carbocycles. The lowest BCUT2D eigenvalue weighted by molar-refractivity contribution is -0.142. The Bertz CT molecular complexity index is 258. The first-order chi connectivity index (χ1) is 5.63. The van der Waals surface area contributed by atoms with Gasteiger partial charge in [-0.3, -0.25) is 9.69 Å². The molecule has 1 N–H and O–H groups in total. The van der Waals surface area contributed by atoms with Crippen LogP contribution in [0.3, 0.4) is 0 Å². The molecule has 5 heteroatoms. The van der Waals surface area contributed by atoms with Crippen molar-refractivity contribution in [2.45, 2.75) is 6.04 Å². The number of aliphatic carboxylic acids is 1. The first kappa shape index (κ1) is 9.15. The lowest BCUT2D eigenvalue weighted by Gasteiger charge is -2.17. The van der Waals surface area contributed by atoms with Crippen LogP contribution in [0.25, 0.3) is 0 Å². The number of hydrogen-bond donors (Lipinski definition) is 1. The molecule has 1 unspecified atom stereocenters. The molecule has 0 radical (unpaired) electrons. The smallest absolute Gasteiger partial charge is 0.327 e. The second kappa shape index (κ2) is 3.64. The van der Waals surface area contributed by atoms with Gasteiger partial charge in [-0.15, -0.1) is 0 Å². The molecule has 66 valence electrons. The van der Waals surface area contributed by atoms with Gasteiger partial charge in [0.05, 0.1) is 5.69 Å². The third-order valence-electron chi connectivity index (χ3n) is 1.49. The maximum absolute atomic E-state index is 10.8. The van der Waals surface area contributed by atoms with E-state index in [1.54, 1.807) is 30.4 Å². The Balaban J connectivity index is 2.88. The van der Waals surface area contributed by atoms with E-state index in [0.29, 0.717) is 5.69 Å². The molecule has 0 aliphatic heterocycles. The van der Waals surface area contributed by atoms with E-state index in [-0.39, 0.29) is 0 Å². The van der Waals surface area contributed by atoms with Gasteiger partial charge in [0.2, 0.25) is 0 Å². The van der Waals surface area contributed by atoms with Crippen molar-refractivity contribution in [1.29, 1.82) is 0 Å². The number of carbonyl (C=O) groups is 1. The highest BCUT2D eigenvalue weighted by molar-refractivity contribution is 7.03. The Morgan fingerprint density at radius 3 is 2.75 bits per heavy atom. The van der Waals surface area contributed by atoms with Crippen LogP contribution in [-0.4, -0.2) is 34.4 Å². The summed E-state index contributed by atoms with van der Waals surface area (Å²) in [5, 5.41) is 10.6. The quantitative estimate of drug-likeness (QED) is 0.759. The van der Waals surface area contributed by atoms with Gasteiger partial charge in [-0.05, 0) is 31.7 Å². The molecule has 0 spiro atoms. The summed E-state index contributed by atoms with van der Waals surface area (Å²) in [5.74, 6) is -0.870. The topological polar surface area (TPSA) is 53.4 Å². The van der Waals surface area contributed by atoms with E-state index in [2.05, 4.69) is 4.37 Å². The van der Waals surface area contributed by atoms with Crippen molar-refractivity contribution in [1.82, 2.24) is 9.27 Å².